The van der Waals surface area contributed by atoms with Gasteiger partial charge in [0.2, 0.25) is 5.95 Å². The highest BCUT2D eigenvalue weighted by Crippen LogP contribution is 2.31. The van der Waals surface area contributed by atoms with E-state index in [0.29, 0.717) is 17.3 Å². The van der Waals surface area contributed by atoms with Crippen molar-refractivity contribution in [2.75, 3.05) is 39.0 Å². The number of carbonyl (C=O) groups is 1. The number of nitrogens with two attached hydrogens (primary N) is 1. The Morgan fingerprint density at radius 1 is 1.05 bits per heavy atom. The molecule has 3 N–H and O–H groups in total. The number of fused-ring (bicyclic) bond motifs is 1. The van der Waals surface area contributed by atoms with Gasteiger partial charge in [0.05, 0.1) is 22.7 Å². The lowest BCUT2D eigenvalue weighted by molar-refractivity contribution is -0.116. The van der Waals surface area contributed by atoms with E-state index in [1.165, 1.54) is 0 Å². The molecule has 0 atom stereocenters. The van der Waals surface area contributed by atoms with Gasteiger partial charge >= 0.3 is 0 Å². The third-order valence-electron chi connectivity index (χ3n) is 7.91. The molecule has 6 rings (SSSR count). The second-order valence-corrected chi connectivity index (χ2v) is 11.3. The largest absolute Gasteiger partial charge is 0.368 e. The van der Waals surface area contributed by atoms with Gasteiger partial charge in [-0.05, 0) is 44.9 Å². The fourth-order valence-corrected chi connectivity index (χ4v) is 6.42. The number of imidazole rings is 1. The van der Waals surface area contributed by atoms with Crippen molar-refractivity contribution in [2.45, 2.75) is 37.8 Å². The minimum Gasteiger partial charge on any atom is -0.368 e. The van der Waals surface area contributed by atoms with Gasteiger partial charge < -0.3 is 16.0 Å². The van der Waals surface area contributed by atoms with E-state index in [2.05, 4.69) is 32.1 Å². The van der Waals surface area contributed by atoms with E-state index in [4.69, 9.17) is 10.7 Å². The molecular weight excluding hydrogens is 508 g/mol. The molecular formula is C29H34N8OS. The molecule has 39 heavy (non-hydrogen) atoms. The molecule has 2 aliphatic rings. The number of anilines is 1. The minimum atomic E-state index is -0.152. The summed E-state index contributed by atoms with van der Waals surface area (Å²) in [4.78, 5) is 33.1. The van der Waals surface area contributed by atoms with E-state index in [9.17, 15) is 4.79 Å². The fraction of sp³-hybridized carbons (Fsp3) is 0.379. The number of piperazine rings is 1. The number of aromatic nitrogens is 4. The Labute approximate surface area is 232 Å². The summed E-state index contributed by atoms with van der Waals surface area (Å²) in [7, 11) is 2.19. The molecule has 1 aliphatic carbocycles. The summed E-state index contributed by atoms with van der Waals surface area (Å²) in [5, 5.41) is 5.31. The molecule has 10 heteroatoms. The number of hydrogen-bond acceptors (Lipinski definition) is 8. The highest BCUT2D eigenvalue weighted by molar-refractivity contribution is 7.15. The Balaban J connectivity index is 1.27. The normalized spacial score (nSPS) is 21.3. The molecule has 1 amide bonds. The Kier molecular flexibility index (Phi) is 7.40. The van der Waals surface area contributed by atoms with Gasteiger partial charge in [0.15, 0.2) is 4.96 Å². The van der Waals surface area contributed by atoms with Crippen LogP contribution in [-0.2, 0) is 4.79 Å². The van der Waals surface area contributed by atoms with Gasteiger partial charge in [-0.3, -0.25) is 14.1 Å². The van der Waals surface area contributed by atoms with Gasteiger partial charge in [-0.1, -0.05) is 30.3 Å². The third kappa shape index (κ3) is 5.59. The van der Waals surface area contributed by atoms with Crippen molar-refractivity contribution in [1.29, 1.82) is 0 Å². The Morgan fingerprint density at radius 3 is 2.56 bits per heavy atom. The van der Waals surface area contributed by atoms with Gasteiger partial charge in [0.25, 0.3) is 5.91 Å². The second-order valence-electron chi connectivity index (χ2n) is 10.4. The molecule has 1 saturated heterocycles. The second kappa shape index (κ2) is 11.3. The molecule has 0 spiro atoms. The summed E-state index contributed by atoms with van der Waals surface area (Å²) >= 11 is 1.56. The number of nitrogens with zero attached hydrogens (tertiary/aromatic N) is 6. The summed E-state index contributed by atoms with van der Waals surface area (Å²) in [5.74, 6) is -0.0172. The fourth-order valence-electron chi connectivity index (χ4n) is 5.70. The zero-order valence-electron chi connectivity index (χ0n) is 22.2. The quantitative estimate of drug-likeness (QED) is 0.359. The number of nitrogens with one attached hydrogen (secondary N) is 1. The molecule has 4 aromatic rings. The molecule has 4 heterocycles. The van der Waals surface area contributed by atoms with Crippen molar-refractivity contribution in [2.24, 2.45) is 0 Å². The lowest BCUT2D eigenvalue weighted by atomic mass is 9.89. The van der Waals surface area contributed by atoms with Crippen LogP contribution < -0.4 is 11.1 Å². The zero-order valence-corrected chi connectivity index (χ0v) is 23.0. The predicted molar refractivity (Wildman–Crippen MR) is 156 cm³/mol. The van der Waals surface area contributed by atoms with Gasteiger partial charge in [-0.25, -0.2) is 15.0 Å². The van der Waals surface area contributed by atoms with Crippen LogP contribution in [0.4, 0.5) is 5.95 Å². The van der Waals surface area contributed by atoms with Crippen molar-refractivity contribution in [3.63, 3.8) is 0 Å². The summed E-state index contributed by atoms with van der Waals surface area (Å²) in [6, 6.07) is 12.5. The van der Waals surface area contributed by atoms with Crippen LogP contribution in [0, 0.1) is 0 Å². The van der Waals surface area contributed by atoms with Crippen molar-refractivity contribution in [3.8, 4) is 11.3 Å². The van der Waals surface area contributed by atoms with E-state index in [1.54, 1.807) is 23.6 Å². The van der Waals surface area contributed by atoms with Crippen molar-refractivity contribution >= 4 is 39.8 Å². The molecule has 1 aromatic carbocycles. The maximum Gasteiger partial charge on any atom is 0.253 e. The first kappa shape index (κ1) is 25.7. The number of nitrogen functional groups attached to an aromatic ring is 1. The molecule has 9 nitrogen and oxygen atoms in total. The monoisotopic (exact) mass is 542 g/mol. The molecule has 0 radical (unpaired) electrons. The third-order valence-corrected chi connectivity index (χ3v) is 8.66. The van der Waals surface area contributed by atoms with E-state index < -0.39 is 0 Å². The topological polar surface area (TPSA) is 105 Å². The molecule has 3 aromatic heterocycles. The van der Waals surface area contributed by atoms with Gasteiger partial charge in [0, 0.05) is 61.6 Å². The Morgan fingerprint density at radius 2 is 1.82 bits per heavy atom. The number of rotatable bonds is 6. The van der Waals surface area contributed by atoms with Gasteiger partial charge in [-0.15, -0.1) is 11.3 Å². The van der Waals surface area contributed by atoms with Crippen LogP contribution in [0.5, 0.6) is 0 Å². The first-order valence-electron chi connectivity index (χ1n) is 13.6. The van der Waals surface area contributed by atoms with E-state index in [1.807, 2.05) is 52.4 Å². The summed E-state index contributed by atoms with van der Waals surface area (Å²) < 4.78 is 2.02. The first-order chi connectivity index (χ1) is 19.0. The summed E-state index contributed by atoms with van der Waals surface area (Å²) in [5.41, 5.74) is 9.53. The van der Waals surface area contributed by atoms with Gasteiger partial charge in [0.1, 0.15) is 0 Å². The SMILES string of the molecule is CN1CCN(C2CCC(NC(=O)C(=Cc3c(-c4ccccc4)nc4sccn34)c3ccnc(N)n3)CC2)CC1. The van der Waals surface area contributed by atoms with Gasteiger partial charge in [-0.2, -0.15) is 0 Å². The Bertz CT molecular complexity index is 1460. The zero-order chi connectivity index (χ0) is 26.8. The van der Waals surface area contributed by atoms with E-state index in [-0.39, 0.29) is 17.9 Å². The average molecular weight is 543 g/mol. The summed E-state index contributed by atoms with van der Waals surface area (Å²) in [6.07, 6.45) is 9.61. The number of hydrogen-bond donors (Lipinski definition) is 2. The molecule has 1 saturated carbocycles. The van der Waals surface area contributed by atoms with Crippen LogP contribution in [0.25, 0.3) is 27.9 Å². The molecule has 202 valence electrons. The van der Waals surface area contributed by atoms with Crippen molar-refractivity contribution in [3.05, 3.63) is 65.6 Å². The van der Waals surface area contributed by atoms with Crippen LogP contribution in [0.2, 0.25) is 0 Å². The van der Waals surface area contributed by atoms with Crippen LogP contribution in [0.15, 0.2) is 54.2 Å². The molecule has 1 aliphatic heterocycles. The van der Waals surface area contributed by atoms with Crippen LogP contribution in [-0.4, -0.2) is 80.4 Å². The van der Waals surface area contributed by atoms with Crippen molar-refractivity contribution < 1.29 is 4.79 Å². The maximum atomic E-state index is 13.9. The van der Waals surface area contributed by atoms with Crippen LogP contribution in [0.3, 0.4) is 0 Å². The van der Waals surface area contributed by atoms with E-state index >= 15 is 0 Å². The number of carbonyl (C=O) groups excluding carboxylic acids is 1. The van der Waals surface area contributed by atoms with Crippen LogP contribution in [0.1, 0.15) is 37.1 Å². The number of likely N-dealkylation sites (N-methyl/N-ethyl adjacent to an activating group) is 1. The van der Waals surface area contributed by atoms with Crippen LogP contribution >= 0.6 is 11.3 Å². The first-order valence-corrected chi connectivity index (χ1v) is 14.5. The number of thiazole rings is 1. The molecule has 2 fully saturated rings. The Hall–Kier alpha value is -3.60. The maximum absolute atomic E-state index is 13.9. The summed E-state index contributed by atoms with van der Waals surface area (Å²) in [6.45, 7) is 4.52. The lowest BCUT2D eigenvalue weighted by Crippen LogP contribution is -2.51. The standard InChI is InChI=1S/C29H34N8OS/c1-35-13-15-36(16-14-35)22-9-7-21(8-10-22)32-27(38)23(24-11-12-31-28(30)33-24)19-25-26(20-5-3-2-4-6-20)34-29-37(25)17-18-39-29/h2-6,11-12,17-19,21-22H,7-10,13-16H2,1H3,(H,32,38)(H2,30,31,33). The lowest BCUT2D eigenvalue weighted by Gasteiger charge is -2.41. The number of benzene rings is 1. The van der Waals surface area contributed by atoms with E-state index in [0.717, 1.165) is 73.8 Å². The highest BCUT2D eigenvalue weighted by Gasteiger charge is 2.29. The highest BCUT2D eigenvalue weighted by atomic mass is 32.1. The average Bonchev–Trinajstić information content (AvgIpc) is 3.55. The van der Waals surface area contributed by atoms with Crippen molar-refractivity contribution in [1.82, 2.24) is 34.5 Å². The molecule has 0 bridgehead atoms. The predicted octanol–water partition coefficient (Wildman–Crippen LogP) is 3.65. The minimum absolute atomic E-state index is 0.129. The molecule has 0 unspecified atom stereocenters. The smallest absolute Gasteiger partial charge is 0.253 e. The number of amides is 1.